The fourth-order valence-electron chi connectivity index (χ4n) is 1.32. The van der Waals surface area contributed by atoms with Crippen molar-refractivity contribution in [1.29, 1.82) is 0 Å². The maximum atomic E-state index is 8.40. The van der Waals surface area contributed by atoms with Crippen LogP contribution in [0.25, 0.3) is 0 Å². The lowest BCUT2D eigenvalue weighted by atomic mass is 10.2. The van der Waals surface area contributed by atoms with E-state index in [4.69, 9.17) is 28.8 Å². The van der Waals surface area contributed by atoms with E-state index in [9.17, 15) is 0 Å². The molecular weight excluding hydrogens is 216 g/mol. The summed E-state index contributed by atoms with van der Waals surface area (Å²) in [7, 11) is 0. The zero-order chi connectivity index (χ0) is 11.5. The maximum absolute atomic E-state index is 8.40. The molecule has 96 valence electrons. The molecule has 16 heavy (non-hydrogen) atoms. The molecule has 0 amide bonds. The summed E-state index contributed by atoms with van der Waals surface area (Å²) in [6.07, 6.45) is 2.39. The highest BCUT2D eigenvalue weighted by Crippen LogP contribution is 2.11. The number of ether oxygens (including phenoxy) is 5. The summed E-state index contributed by atoms with van der Waals surface area (Å²) < 4.78 is 25.4. The maximum Gasteiger partial charge on any atom is 0.152 e. The average molecular weight is 236 g/mol. The highest BCUT2D eigenvalue weighted by Gasteiger charge is 2.14. The van der Waals surface area contributed by atoms with Crippen LogP contribution in [-0.2, 0) is 23.7 Å². The molecule has 0 radical (unpaired) electrons. The van der Waals surface area contributed by atoms with Crippen LogP contribution in [0.15, 0.2) is 0 Å². The molecule has 1 saturated heterocycles. The van der Waals surface area contributed by atoms with E-state index in [2.05, 4.69) is 0 Å². The van der Waals surface area contributed by atoms with Gasteiger partial charge in [0, 0.05) is 6.61 Å². The zero-order valence-electron chi connectivity index (χ0n) is 9.43. The Labute approximate surface area is 95.4 Å². The topological polar surface area (TPSA) is 66.4 Å². The molecule has 1 fully saturated rings. The van der Waals surface area contributed by atoms with E-state index in [-0.39, 0.29) is 39.7 Å². The summed E-state index contributed by atoms with van der Waals surface area (Å²) in [6, 6.07) is 0. The average Bonchev–Trinajstić information content (AvgIpc) is 2.80. The lowest BCUT2D eigenvalue weighted by Gasteiger charge is -2.10. The van der Waals surface area contributed by atoms with Crippen LogP contribution < -0.4 is 0 Å². The highest BCUT2D eigenvalue weighted by atomic mass is 16.8. The highest BCUT2D eigenvalue weighted by molar-refractivity contribution is 4.62. The van der Waals surface area contributed by atoms with Crippen molar-refractivity contribution in [2.45, 2.75) is 18.9 Å². The molecule has 0 bridgehead atoms. The van der Waals surface area contributed by atoms with Crippen LogP contribution in [0.3, 0.4) is 0 Å². The van der Waals surface area contributed by atoms with Crippen LogP contribution in [0.2, 0.25) is 0 Å². The molecule has 1 aliphatic heterocycles. The van der Waals surface area contributed by atoms with Gasteiger partial charge in [0.25, 0.3) is 0 Å². The minimum atomic E-state index is -0.00524. The van der Waals surface area contributed by atoms with Gasteiger partial charge in [0.05, 0.1) is 25.9 Å². The van der Waals surface area contributed by atoms with Gasteiger partial charge in [-0.1, -0.05) is 0 Å². The summed E-state index contributed by atoms with van der Waals surface area (Å²) in [5, 5.41) is 8.40. The van der Waals surface area contributed by atoms with Crippen molar-refractivity contribution in [3.05, 3.63) is 0 Å². The Kier molecular flexibility index (Phi) is 8.60. The van der Waals surface area contributed by atoms with E-state index in [0.29, 0.717) is 6.61 Å². The van der Waals surface area contributed by atoms with Crippen molar-refractivity contribution in [1.82, 2.24) is 0 Å². The van der Waals surface area contributed by atoms with E-state index in [1.54, 1.807) is 0 Å². The van der Waals surface area contributed by atoms with E-state index in [1.165, 1.54) is 0 Å². The summed E-state index contributed by atoms with van der Waals surface area (Å²) in [5.41, 5.74) is 0. The van der Waals surface area contributed by atoms with Crippen LogP contribution in [-0.4, -0.2) is 58.0 Å². The molecule has 1 N–H and O–H groups in total. The van der Waals surface area contributed by atoms with Crippen molar-refractivity contribution in [2.75, 3.05) is 46.8 Å². The Morgan fingerprint density at radius 2 is 1.81 bits per heavy atom. The van der Waals surface area contributed by atoms with Crippen molar-refractivity contribution in [3.8, 4) is 0 Å². The van der Waals surface area contributed by atoms with Gasteiger partial charge in [0.1, 0.15) is 13.6 Å². The van der Waals surface area contributed by atoms with Gasteiger partial charge in [-0.05, 0) is 12.8 Å². The van der Waals surface area contributed by atoms with E-state index >= 15 is 0 Å². The van der Waals surface area contributed by atoms with Crippen molar-refractivity contribution >= 4 is 0 Å². The number of hydrogen-bond donors (Lipinski definition) is 1. The van der Waals surface area contributed by atoms with Crippen molar-refractivity contribution < 1.29 is 28.8 Å². The van der Waals surface area contributed by atoms with Crippen LogP contribution >= 0.6 is 0 Å². The third kappa shape index (κ3) is 7.10. The molecule has 0 aromatic rings. The molecule has 1 atom stereocenters. The molecule has 0 saturated carbocycles. The molecule has 6 nitrogen and oxygen atoms in total. The van der Waals surface area contributed by atoms with E-state index < -0.39 is 0 Å². The smallest absolute Gasteiger partial charge is 0.152 e. The molecule has 0 aliphatic carbocycles. The molecule has 0 aromatic heterocycles. The first-order valence-electron chi connectivity index (χ1n) is 5.47. The Hall–Kier alpha value is -0.240. The Bertz CT molecular complexity index is 148. The van der Waals surface area contributed by atoms with Gasteiger partial charge >= 0.3 is 0 Å². The first-order chi connectivity index (χ1) is 7.93. The molecule has 0 aromatic carbocycles. The number of hydrogen-bond acceptors (Lipinski definition) is 6. The Morgan fingerprint density at radius 3 is 2.50 bits per heavy atom. The van der Waals surface area contributed by atoms with Gasteiger partial charge in [-0.15, -0.1) is 0 Å². The van der Waals surface area contributed by atoms with Crippen molar-refractivity contribution in [2.24, 2.45) is 0 Å². The standard InChI is InChI=1S/C10H20O6/c11-3-5-12-7-14-9-15-8-13-6-10-2-1-4-16-10/h10-11H,1-9H2. The fourth-order valence-corrected chi connectivity index (χ4v) is 1.32. The zero-order valence-corrected chi connectivity index (χ0v) is 9.43. The molecular formula is C10H20O6. The summed E-state index contributed by atoms with van der Waals surface area (Å²) in [5.74, 6) is 0. The predicted octanol–water partition coefficient (Wildman–Crippen LogP) is 0.0966. The van der Waals surface area contributed by atoms with Crippen molar-refractivity contribution in [3.63, 3.8) is 0 Å². The molecule has 1 heterocycles. The van der Waals surface area contributed by atoms with E-state index in [1.807, 2.05) is 0 Å². The minimum absolute atomic E-state index is 0.00524. The molecule has 1 aliphatic rings. The van der Waals surface area contributed by atoms with Gasteiger partial charge < -0.3 is 28.8 Å². The predicted molar refractivity (Wildman–Crippen MR) is 54.7 cm³/mol. The second-order valence-corrected chi connectivity index (χ2v) is 3.40. The monoisotopic (exact) mass is 236 g/mol. The Balaban J connectivity index is 1.71. The van der Waals surface area contributed by atoms with Gasteiger partial charge in [0.2, 0.25) is 0 Å². The second-order valence-electron chi connectivity index (χ2n) is 3.40. The minimum Gasteiger partial charge on any atom is -0.394 e. The summed E-state index contributed by atoms with van der Waals surface area (Å²) >= 11 is 0. The third-order valence-corrected chi connectivity index (χ3v) is 2.06. The molecule has 6 heteroatoms. The van der Waals surface area contributed by atoms with Gasteiger partial charge in [-0.3, -0.25) is 0 Å². The Morgan fingerprint density at radius 1 is 1.06 bits per heavy atom. The lowest BCUT2D eigenvalue weighted by Crippen LogP contribution is -2.16. The van der Waals surface area contributed by atoms with E-state index in [0.717, 1.165) is 19.4 Å². The quantitative estimate of drug-likeness (QED) is 0.428. The fraction of sp³-hybridized carbons (Fsp3) is 1.00. The SMILES string of the molecule is OCCOCOCOCOCC1CCCO1. The first kappa shape index (κ1) is 13.8. The summed E-state index contributed by atoms with van der Waals surface area (Å²) in [4.78, 5) is 0. The van der Waals surface area contributed by atoms with Crippen LogP contribution in [0, 0.1) is 0 Å². The van der Waals surface area contributed by atoms with Gasteiger partial charge in [0.15, 0.2) is 6.79 Å². The second kappa shape index (κ2) is 9.95. The van der Waals surface area contributed by atoms with Crippen LogP contribution in [0.5, 0.6) is 0 Å². The molecule has 1 rings (SSSR count). The third-order valence-electron chi connectivity index (χ3n) is 2.06. The first-order valence-corrected chi connectivity index (χ1v) is 5.47. The van der Waals surface area contributed by atoms with Crippen LogP contribution in [0.4, 0.5) is 0 Å². The molecule has 1 unspecified atom stereocenters. The van der Waals surface area contributed by atoms with Gasteiger partial charge in [-0.2, -0.15) is 0 Å². The molecule has 0 spiro atoms. The number of rotatable bonds is 10. The normalized spacial score (nSPS) is 20.4. The largest absolute Gasteiger partial charge is 0.394 e. The number of aliphatic hydroxyl groups is 1. The van der Waals surface area contributed by atoms with Gasteiger partial charge in [-0.25, -0.2) is 0 Å². The summed E-state index contributed by atoms with van der Waals surface area (Å²) in [6.45, 7) is 2.11. The van der Waals surface area contributed by atoms with Crippen LogP contribution in [0.1, 0.15) is 12.8 Å². The lowest BCUT2D eigenvalue weighted by molar-refractivity contribution is -0.176. The number of aliphatic hydroxyl groups excluding tert-OH is 1.